The van der Waals surface area contributed by atoms with E-state index < -0.39 is 0 Å². The molecule has 0 amide bonds. The maximum atomic E-state index is 4.21. The van der Waals surface area contributed by atoms with Gasteiger partial charge in [-0.05, 0) is 18.9 Å². The molecule has 1 N–H and O–H groups in total. The Balaban J connectivity index is 1.40. The summed E-state index contributed by atoms with van der Waals surface area (Å²) >= 11 is 0. The number of nitrogens with zero attached hydrogens (tertiary/aromatic N) is 6. The average Bonchev–Trinajstić information content (AvgIpc) is 3.01. The van der Waals surface area contributed by atoms with E-state index in [9.17, 15) is 0 Å². The van der Waals surface area contributed by atoms with Crippen molar-refractivity contribution in [3.05, 3.63) is 31.2 Å². The van der Waals surface area contributed by atoms with Crippen molar-refractivity contribution in [3.8, 4) is 0 Å². The molecule has 106 valence electrons. The SMILES string of the molecule is c1cc(NC2CCN(CCn3cncn3)CC2)ncn1. The van der Waals surface area contributed by atoms with Gasteiger partial charge >= 0.3 is 0 Å². The van der Waals surface area contributed by atoms with E-state index in [1.165, 1.54) is 0 Å². The predicted octanol–water partition coefficient (Wildman–Crippen LogP) is 0.645. The fourth-order valence-electron chi connectivity index (χ4n) is 2.48. The van der Waals surface area contributed by atoms with Gasteiger partial charge in [-0.25, -0.2) is 15.0 Å². The molecule has 20 heavy (non-hydrogen) atoms. The summed E-state index contributed by atoms with van der Waals surface area (Å²) in [6.45, 7) is 4.16. The van der Waals surface area contributed by atoms with Crippen molar-refractivity contribution in [2.75, 3.05) is 25.0 Å². The summed E-state index contributed by atoms with van der Waals surface area (Å²) in [5, 5.41) is 7.59. The Hall–Kier alpha value is -2.02. The zero-order valence-corrected chi connectivity index (χ0v) is 11.4. The summed E-state index contributed by atoms with van der Waals surface area (Å²) in [5.74, 6) is 0.918. The van der Waals surface area contributed by atoms with Gasteiger partial charge in [-0.2, -0.15) is 5.10 Å². The second kappa shape index (κ2) is 6.42. The van der Waals surface area contributed by atoms with Crippen LogP contribution in [0.2, 0.25) is 0 Å². The van der Waals surface area contributed by atoms with Crippen LogP contribution in [0, 0.1) is 0 Å². The van der Waals surface area contributed by atoms with Crippen molar-refractivity contribution in [3.63, 3.8) is 0 Å². The van der Waals surface area contributed by atoms with Crippen molar-refractivity contribution < 1.29 is 0 Å². The molecular formula is C13H19N7. The van der Waals surface area contributed by atoms with Crippen LogP contribution in [0.3, 0.4) is 0 Å². The third-order valence-corrected chi connectivity index (χ3v) is 3.63. The molecule has 2 aromatic heterocycles. The van der Waals surface area contributed by atoms with Gasteiger partial charge in [-0.15, -0.1) is 0 Å². The van der Waals surface area contributed by atoms with E-state index in [1.54, 1.807) is 25.2 Å². The number of hydrogen-bond donors (Lipinski definition) is 1. The van der Waals surface area contributed by atoms with Crippen LogP contribution in [-0.2, 0) is 6.54 Å². The third kappa shape index (κ3) is 3.51. The molecule has 0 spiro atoms. The number of anilines is 1. The van der Waals surface area contributed by atoms with Gasteiger partial charge in [0, 0.05) is 31.9 Å². The number of rotatable bonds is 5. The molecule has 0 radical (unpaired) electrons. The Morgan fingerprint density at radius 1 is 1.15 bits per heavy atom. The van der Waals surface area contributed by atoms with E-state index >= 15 is 0 Å². The van der Waals surface area contributed by atoms with E-state index in [4.69, 9.17) is 0 Å². The molecule has 7 heteroatoms. The summed E-state index contributed by atoms with van der Waals surface area (Å²) in [6, 6.07) is 2.42. The first kappa shape index (κ1) is 13.0. The second-order valence-corrected chi connectivity index (χ2v) is 5.01. The monoisotopic (exact) mass is 273 g/mol. The van der Waals surface area contributed by atoms with Crippen LogP contribution in [0.25, 0.3) is 0 Å². The van der Waals surface area contributed by atoms with Gasteiger partial charge in [0.2, 0.25) is 0 Å². The lowest BCUT2D eigenvalue weighted by atomic mass is 10.1. The van der Waals surface area contributed by atoms with E-state index in [-0.39, 0.29) is 0 Å². The fourth-order valence-corrected chi connectivity index (χ4v) is 2.48. The minimum atomic E-state index is 0.507. The lowest BCUT2D eigenvalue weighted by Crippen LogP contribution is -2.40. The zero-order chi connectivity index (χ0) is 13.6. The molecule has 3 rings (SSSR count). The number of aromatic nitrogens is 5. The Kier molecular flexibility index (Phi) is 4.17. The molecule has 1 saturated heterocycles. The minimum absolute atomic E-state index is 0.507. The minimum Gasteiger partial charge on any atom is -0.367 e. The first-order chi connectivity index (χ1) is 9.90. The topological polar surface area (TPSA) is 71.8 Å². The molecule has 1 aliphatic heterocycles. The molecule has 0 saturated carbocycles. The number of hydrogen-bond acceptors (Lipinski definition) is 6. The van der Waals surface area contributed by atoms with Crippen molar-refractivity contribution in [1.82, 2.24) is 29.6 Å². The lowest BCUT2D eigenvalue weighted by molar-refractivity contribution is 0.209. The first-order valence-electron chi connectivity index (χ1n) is 6.97. The first-order valence-corrected chi connectivity index (χ1v) is 6.97. The molecule has 1 fully saturated rings. The molecule has 0 unspecified atom stereocenters. The van der Waals surface area contributed by atoms with Crippen LogP contribution in [0.4, 0.5) is 5.82 Å². The zero-order valence-electron chi connectivity index (χ0n) is 11.4. The highest BCUT2D eigenvalue weighted by Gasteiger charge is 2.18. The summed E-state index contributed by atoms with van der Waals surface area (Å²) < 4.78 is 1.88. The molecule has 1 aliphatic rings. The maximum Gasteiger partial charge on any atom is 0.137 e. The third-order valence-electron chi connectivity index (χ3n) is 3.63. The Labute approximate surface area is 118 Å². The van der Waals surface area contributed by atoms with Crippen LogP contribution in [0.5, 0.6) is 0 Å². The van der Waals surface area contributed by atoms with Gasteiger partial charge < -0.3 is 10.2 Å². The van der Waals surface area contributed by atoms with Crippen LogP contribution >= 0.6 is 0 Å². The van der Waals surface area contributed by atoms with Crippen molar-refractivity contribution >= 4 is 5.82 Å². The highest BCUT2D eigenvalue weighted by atomic mass is 15.3. The van der Waals surface area contributed by atoms with Crippen LogP contribution in [-0.4, -0.2) is 55.3 Å². The van der Waals surface area contributed by atoms with Gasteiger partial charge in [0.1, 0.15) is 24.8 Å². The molecule has 0 aliphatic carbocycles. The molecule has 2 aromatic rings. The largest absolute Gasteiger partial charge is 0.367 e. The summed E-state index contributed by atoms with van der Waals surface area (Å²) in [5.41, 5.74) is 0. The van der Waals surface area contributed by atoms with Crippen molar-refractivity contribution in [2.24, 2.45) is 0 Å². The molecular weight excluding hydrogens is 254 g/mol. The fraction of sp³-hybridized carbons (Fsp3) is 0.538. The van der Waals surface area contributed by atoms with Gasteiger partial charge in [-0.1, -0.05) is 0 Å². The highest BCUT2D eigenvalue weighted by Crippen LogP contribution is 2.14. The van der Waals surface area contributed by atoms with Crippen molar-refractivity contribution in [2.45, 2.75) is 25.4 Å². The Bertz CT molecular complexity index is 491. The van der Waals surface area contributed by atoms with E-state index in [0.717, 1.165) is 44.8 Å². The van der Waals surface area contributed by atoms with E-state index in [2.05, 4.69) is 30.3 Å². The normalized spacial score (nSPS) is 17.2. The quantitative estimate of drug-likeness (QED) is 0.862. The second-order valence-electron chi connectivity index (χ2n) is 5.01. The highest BCUT2D eigenvalue weighted by molar-refractivity contribution is 5.33. The van der Waals surface area contributed by atoms with Gasteiger partial charge in [-0.3, -0.25) is 4.68 Å². The van der Waals surface area contributed by atoms with E-state index in [0.29, 0.717) is 6.04 Å². The number of piperidine rings is 1. The van der Waals surface area contributed by atoms with Crippen LogP contribution in [0.15, 0.2) is 31.2 Å². The molecule has 3 heterocycles. The van der Waals surface area contributed by atoms with Crippen molar-refractivity contribution in [1.29, 1.82) is 0 Å². The van der Waals surface area contributed by atoms with Gasteiger partial charge in [0.15, 0.2) is 0 Å². The number of nitrogens with one attached hydrogen (secondary N) is 1. The predicted molar refractivity (Wildman–Crippen MR) is 75.1 cm³/mol. The lowest BCUT2D eigenvalue weighted by Gasteiger charge is -2.32. The average molecular weight is 273 g/mol. The Morgan fingerprint density at radius 3 is 2.75 bits per heavy atom. The molecule has 7 nitrogen and oxygen atoms in total. The number of likely N-dealkylation sites (tertiary alicyclic amines) is 1. The van der Waals surface area contributed by atoms with Gasteiger partial charge in [0.05, 0.1) is 6.54 Å². The maximum absolute atomic E-state index is 4.21. The standard InChI is InChI=1S/C13H19N7/c1-4-14-9-16-13(1)18-12-2-5-19(6-3-12)7-8-20-11-15-10-17-20/h1,4,9-12H,2-3,5-8H2,(H,14,16,18). The molecule has 0 aromatic carbocycles. The van der Waals surface area contributed by atoms with Gasteiger partial charge in [0.25, 0.3) is 0 Å². The summed E-state index contributed by atoms with van der Waals surface area (Å²) in [4.78, 5) is 14.6. The van der Waals surface area contributed by atoms with Crippen LogP contribution < -0.4 is 5.32 Å². The Morgan fingerprint density at radius 2 is 2.05 bits per heavy atom. The summed E-state index contributed by atoms with van der Waals surface area (Å²) in [7, 11) is 0. The van der Waals surface area contributed by atoms with Crippen LogP contribution in [0.1, 0.15) is 12.8 Å². The molecule has 0 atom stereocenters. The van der Waals surface area contributed by atoms with E-state index in [1.807, 2.05) is 10.7 Å². The summed E-state index contributed by atoms with van der Waals surface area (Å²) in [6.07, 6.45) is 8.97. The molecule has 0 bridgehead atoms. The smallest absolute Gasteiger partial charge is 0.137 e.